The predicted molar refractivity (Wildman–Crippen MR) is 66.4 cm³/mol. The van der Waals surface area contributed by atoms with E-state index in [1.165, 1.54) is 18.0 Å². The van der Waals surface area contributed by atoms with Crippen molar-refractivity contribution in [1.29, 1.82) is 5.26 Å². The van der Waals surface area contributed by atoms with E-state index in [1.807, 2.05) is 0 Å². The lowest BCUT2D eigenvalue weighted by Gasteiger charge is -2.35. The highest BCUT2D eigenvalue weighted by atomic mass is 32.1. The third kappa shape index (κ3) is 1.98. The molecule has 86 valence electrons. The van der Waals surface area contributed by atoms with Gasteiger partial charge in [-0.1, -0.05) is 13.8 Å². The lowest BCUT2D eigenvalue weighted by atomic mass is 9.92. The summed E-state index contributed by atoms with van der Waals surface area (Å²) < 4.78 is 4.07. The molecule has 0 bridgehead atoms. The SMILES string of the molecule is CC1CC(C)CN(c2snc(N)c2C#N)C1. The molecule has 1 aliphatic rings. The largest absolute Gasteiger partial charge is 0.382 e. The van der Waals surface area contributed by atoms with Gasteiger partial charge in [-0.05, 0) is 29.8 Å². The van der Waals surface area contributed by atoms with Crippen LogP contribution in [0.5, 0.6) is 0 Å². The van der Waals surface area contributed by atoms with Crippen molar-refractivity contribution in [2.75, 3.05) is 23.7 Å². The lowest BCUT2D eigenvalue weighted by Crippen LogP contribution is -2.38. The Morgan fingerprint density at radius 3 is 2.62 bits per heavy atom. The number of nitrogen functional groups attached to an aromatic ring is 1. The summed E-state index contributed by atoms with van der Waals surface area (Å²) in [6.07, 6.45) is 1.26. The molecule has 0 aromatic carbocycles. The van der Waals surface area contributed by atoms with Crippen molar-refractivity contribution in [2.45, 2.75) is 20.3 Å². The van der Waals surface area contributed by atoms with Crippen molar-refractivity contribution in [3.63, 3.8) is 0 Å². The highest BCUT2D eigenvalue weighted by Gasteiger charge is 2.26. The van der Waals surface area contributed by atoms with Gasteiger partial charge in [0.05, 0.1) is 0 Å². The maximum Gasteiger partial charge on any atom is 0.157 e. The van der Waals surface area contributed by atoms with E-state index in [9.17, 15) is 0 Å². The number of nitrogens with zero attached hydrogens (tertiary/aromatic N) is 3. The predicted octanol–water partition coefficient (Wildman–Crippen LogP) is 2.08. The van der Waals surface area contributed by atoms with E-state index in [4.69, 9.17) is 11.0 Å². The standard InChI is InChI=1S/C11H16N4S/c1-7-3-8(2)6-15(5-7)11-9(4-12)10(13)14-16-11/h7-8H,3,5-6H2,1-2H3,(H2,13,14). The van der Waals surface area contributed by atoms with Crippen LogP contribution in [-0.4, -0.2) is 17.5 Å². The number of hydrogen-bond acceptors (Lipinski definition) is 5. The molecule has 2 heterocycles. The Kier molecular flexibility index (Phi) is 3.01. The van der Waals surface area contributed by atoms with Gasteiger partial charge in [-0.15, -0.1) is 0 Å². The van der Waals surface area contributed by atoms with Crippen molar-refractivity contribution < 1.29 is 0 Å². The third-order valence-electron chi connectivity index (χ3n) is 2.97. The van der Waals surface area contributed by atoms with Gasteiger partial charge in [0.25, 0.3) is 0 Å². The van der Waals surface area contributed by atoms with Crippen LogP contribution in [0.15, 0.2) is 0 Å². The smallest absolute Gasteiger partial charge is 0.157 e. The summed E-state index contributed by atoms with van der Waals surface area (Å²) >= 11 is 1.34. The molecule has 0 amide bonds. The minimum absolute atomic E-state index is 0.369. The Morgan fingerprint density at radius 2 is 2.06 bits per heavy atom. The zero-order valence-corrected chi connectivity index (χ0v) is 10.4. The van der Waals surface area contributed by atoms with Crippen molar-refractivity contribution in [1.82, 2.24) is 4.37 Å². The van der Waals surface area contributed by atoms with E-state index in [0.29, 0.717) is 23.2 Å². The molecule has 1 aromatic rings. The second-order valence-corrected chi connectivity index (χ2v) is 5.46. The van der Waals surface area contributed by atoms with Crippen molar-refractivity contribution in [3.8, 4) is 6.07 Å². The second-order valence-electron chi connectivity index (χ2n) is 4.71. The molecule has 1 aromatic heterocycles. The highest BCUT2D eigenvalue weighted by Crippen LogP contribution is 2.34. The van der Waals surface area contributed by atoms with Gasteiger partial charge in [-0.25, -0.2) is 0 Å². The molecule has 0 spiro atoms. The summed E-state index contributed by atoms with van der Waals surface area (Å²) in [5, 5.41) is 10.0. The van der Waals surface area contributed by atoms with Crippen LogP contribution in [0.1, 0.15) is 25.8 Å². The maximum atomic E-state index is 9.06. The molecule has 2 unspecified atom stereocenters. The van der Waals surface area contributed by atoms with Crippen LogP contribution in [0.4, 0.5) is 10.8 Å². The molecule has 4 nitrogen and oxygen atoms in total. The Bertz CT molecular complexity index is 410. The van der Waals surface area contributed by atoms with Gasteiger partial charge >= 0.3 is 0 Å². The van der Waals surface area contributed by atoms with Gasteiger partial charge in [0.1, 0.15) is 16.6 Å². The molecule has 1 saturated heterocycles. The Balaban J connectivity index is 2.27. The van der Waals surface area contributed by atoms with Crippen molar-refractivity contribution in [2.24, 2.45) is 11.8 Å². The molecule has 1 fully saturated rings. The molecule has 16 heavy (non-hydrogen) atoms. The number of aromatic nitrogens is 1. The van der Waals surface area contributed by atoms with E-state index in [1.54, 1.807) is 0 Å². The first-order chi connectivity index (χ1) is 7.61. The van der Waals surface area contributed by atoms with Gasteiger partial charge in [0, 0.05) is 13.1 Å². The quantitative estimate of drug-likeness (QED) is 0.810. The number of nitrogens with two attached hydrogens (primary N) is 1. The van der Waals surface area contributed by atoms with E-state index in [2.05, 4.69) is 29.2 Å². The van der Waals surface area contributed by atoms with Gasteiger partial charge in [-0.2, -0.15) is 9.64 Å². The second kappa shape index (κ2) is 4.30. The molecular formula is C11H16N4S. The van der Waals surface area contributed by atoms with Crippen LogP contribution in [0.2, 0.25) is 0 Å². The summed E-state index contributed by atoms with van der Waals surface area (Å²) in [5.41, 5.74) is 6.23. The summed E-state index contributed by atoms with van der Waals surface area (Å²) in [5.74, 6) is 1.70. The number of piperidine rings is 1. The monoisotopic (exact) mass is 236 g/mol. The minimum Gasteiger partial charge on any atom is -0.382 e. The van der Waals surface area contributed by atoms with Gasteiger partial charge in [-0.3, -0.25) is 0 Å². The minimum atomic E-state index is 0.369. The van der Waals surface area contributed by atoms with Gasteiger partial charge in [0.15, 0.2) is 5.82 Å². The first-order valence-corrected chi connectivity index (χ1v) is 6.29. The Hall–Kier alpha value is -1.28. The van der Waals surface area contributed by atoms with Crippen LogP contribution in [0.25, 0.3) is 0 Å². The molecule has 0 saturated carbocycles. The third-order valence-corrected chi connectivity index (χ3v) is 3.89. The van der Waals surface area contributed by atoms with E-state index >= 15 is 0 Å². The van der Waals surface area contributed by atoms with E-state index in [-0.39, 0.29) is 0 Å². The van der Waals surface area contributed by atoms with Crippen LogP contribution in [0, 0.1) is 23.2 Å². The average Bonchev–Trinajstić information content (AvgIpc) is 2.58. The van der Waals surface area contributed by atoms with Crippen LogP contribution >= 0.6 is 11.5 Å². The topological polar surface area (TPSA) is 65.9 Å². The molecule has 0 aliphatic carbocycles. The lowest BCUT2D eigenvalue weighted by molar-refractivity contribution is 0.358. The fourth-order valence-electron chi connectivity index (χ4n) is 2.44. The zero-order valence-electron chi connectivity index (χ0n) is 9.60. The van der Waals surface area contributed by atoms with Crippen LogP contribution in [-0.2, 0) is 0 Å². The molecule has 2 N–H and O–H groups in total. The zero-order chi connectivity index (χ0) is 11.7. The summed E-state index contributed by atoms with van der Waals surface area (Å²) in [6, 6.07) is 2.15. The molecular weight excluding hydrogens is 220 g/mol. The number of nitriles is 1. The summed E-state index contributed by atoms with van der Waals surface area (Å²) in [4.78, 5) is 2.26. The molecule has 2 rings (SSSR count). The fourth-order valence-corrected chi connectivity index (χ4v) is 3.23. The fraction of sp³-hybridized carbons (Fsp3) is 0.636. The maximum absolute atomic E-state index is 9.06. The molecule has 5 heteroatoms. The summed E-state index contributed by atoms with van der Waals surface area (Å²) in [7, 11) is 0. The highest BCUT2D eigenvalue weighted by molar-refractivity contribution is 7.10. The van der Waals surface area contributed by atoms with E-state index < -0.39 is 0 Å². The molecule has 1 aliphatic heterocycles. The first kappa shape index (κ1) is 11.2. The Labute approximate surface area is 99.8 Å². The van der Waals surface area contributed by atoms with Crippen molar-refractivity contribution in [3.05, 3.63) is 5.56 Å². The summed E-state index contributed by atoms with van der Waals surface area (Å²) in [6.45, 7) is 6.50. The normalized spacial score (nSPS) is 25.4. The molecule has 0 radical (unpaired) electrons. The van der Waals surface area contributed by atoms with Crippen LogP contribution < -0.4 is 10.6 Å². The first-order valence-electron chi connectivity index (χ1n) is 5.52. The van der Waals surface area contributed by atoms with E-state index in [0.717, 1.165) is 18.1 Å². The number of anilines is 2. The number of hydrogen-bond donors (Lipinski definition) is 1. The Morgan fingerprint density at radius 1 is 1.44 bits per heavy atom. The van der Waals surface area contributed by atoms with Crippen LogP contribution in [0.3, 0.4) is 0 Å². The van der Waals surface area contributed by atoms with Crippen molar-refractivity contribution >= 4 is 22.4 Å². The van der Waals surface area contributed by atoms with Gasteiger partial charge < -0.3 is 10.6 Å². The van der Waals surface area contributed by atoms with Gasteiger partial charge in [0.2, 0.25) is 0 Å². The number of rotatable bonds is 1. The molecule has 2 atom stereocenters. The average molecular weight is 236 g/mol.